The highest BCUT2D eigenvalue weighted by Crippen LogP contribution is 2.29. The van der Waals surface area contributed by atoms with Gasteiger partial charge in [-0.15, -0.1) is 0 Å². The summed E-state index contributed by atoms with van der Waals surface area (Å²) in [5.74, 6) is 0. The standard InChI is InChI=1S/C19H18ClN/c1-13-10-11-14-6-2-4-8-16(14)19(13)18(21)12-15-7-3-5-9-17(15)20/h2-11,18H,12,21H2,1H3. The summed E-state index contributed by atoms with van der Waals surface area (Å²) < 4.78 is 0. The van der Waals surface area contributed by atoms with Crippen molar-refractivity contribution in [1.82, 2.24) is 0 Å². The number of nitrogens with two attached hydrogens (primary N) is 1. The molecule has 3 aromatic rings. The fraction of sp³-hybridized carbons (Fsp3) is 0.158. The second kappa shape index (κ2) is 5.88. The van der Waals surface area contributed by atoms with Crippen LogP contribution in [0.25, 0.3) is 10.8 Å². The number of halogens is 1. The van der Waals surface area contributed by atoms with E-state index in [1.54, 1.807) is 0 Å². The van der Waals surface area contributed by atoms with Crippen LogP contribution in [0.4, 0.5) is 0 Å². The van der Waals surface area contributed by atoms with Gasteiger partial charge in [-0.3, -0.25) is 0 Å². The van der Waals surface area contributed by atoms with Gasteiger partial charge in [0.2, 0.25) is 0 Å². The van der Waals surface area contributed by atoms with Crippen LogP contribution in [0.5, 0.6) is 0 Å². The average molecular weight is 296 g/mol. The third-order valence-corrected chi connectivity index (χ3v) is 4.33. The second-order valence-electron chi connectivity index (χ2n) is 5.42. The first-order valence-corrected chi connectivity index (χ1v) is 7.52. The molecular formula is C19H18ClN. The Morgan fingerprint density at radius 3 is 2.48 bits per heavy atom. The summed E-state index contributed by atoms with van der Waals surface area (Å²) in [5, 5.41) is 3.25. The molecule has 0 bridgehead atoms. The molecular weight excluding hydrogens is 278 g/mol. The van der Waals surface area contributed by atoms with Gasteiger partial charge in [0.1, 0.15) is 0 Å². The van der Waals surface area contributed by atoms with E-state index in [2.05, 4.69) is 43.3 Å². The van der Waals surface area contributed by atoms with Crippen molar-refractivity contribution in [3.05, 3.63) is 82.4 Å². The summed E-state index contributed by atoms with van der Waals surface area (Å²) in [4.78, 5) is 0. The maximum absolute atomic E-state index is 6.50. The Morgan fingerprint density at radius 2 is 1.67 bits per heavy atom. The molecule has 2 N–H and O–H groups in total. The summed E-state index contributed by atoms with van der Waals surface area (Å²) in [7, 11) is 0. The quantitative estimate of drug-likeness (QED) is 0.719. The molecule has 1 unspecified atom stereocenters. The Morgan fingerprint density at radius 1 is 0.952 bits per heavy atom. The van der Waals surface area contributed by atoms with Gasteiger partial charge in [-0.05, 0) is 46.9 Å². The minimum absolute atomic E-state index is 0.0593. The fourth-order valence-electron chi connectivity index (χ4n) is 2.90. The first kappa shape index (κ1) is 14.1. The van der Waals surface area contributed by atoms with E-state index < -0.39 is 0 Å². The van der Waals surface area contributed by atoms with Gasteiger partial charge in [0.15, 0.2) is 0 Å². The van der Waals surface area contributed by atoms with Gasteiger partial charge in [0, 0.05) is 11.1 Å². The number of hydrogen-bond acceptors (Lipinski definition) is 1. The highest BCUT2D eigenvalue weighted by Gasteiger charge is 2.14. The van der Waals surface area contributed by atoms with E-state index in [1.165, 1.54) is 21.9 Å². The van der Waals surface area contributed by atoms with Gasteiger partial charge in [0.05, 0.1) is 0 Å². The minimum Gasteiger partial charge on any atom is -0.324 e. The lowest BCUT2D eigenvalue weighted by Gasteiger charge is -2.18. The van der Waals surface area contributed by atoms with Crippen LogP contribution in [-0.4, -0.2) is 0 Å². The third kappa shape index (κ3) is 2.80. The van der Waals surface area contributed by atoms with Crippen LogP contribution in [0.1, 0.15) is 22.7 Å². The Bertz CT molecular complexity index is 779. The number of fused-ring (bicyclic) bond motifs is 1. The molecule has 0 aromatic heterocycles. The lowest BCUT2D eigenvalue weighted by Crippen LogP contribution is -2.15. The Hall–Kier alpha value is -1.83. The molecule has 0 aliphatic rings. The Balaban J connectivity index is 2.04. The van der Waals surface area contributed by atoms with E-state index in [1.807, 2.05) is 24.3 Å². The molecule has 1 atom stereocenters. The average Bonchev–Trinajstić information content (AvgIpc) is 2.49. The van der Waals surface area contributed by atoms with Crippen LogP contribution >= 0.6 is 11.6 Å². The minimum atomic E-state index is -0.0593. The molecule has 106 valence electrons. The van der Waals surface area contributed by atoms with E-state index in [0.717, 1.165) is 17.0 Å². The van der Waals surface area contributed by atoms with Gasteiger partial charge in [0.25, 0.3) is 0 Å². The number of aryl methyl sites for hydroxylation is 1. The van der Waals surface area contributed by atoms with Crippen molar-refractivity contribution in [3.8, 4) is 0 Å². The van der Waals surface area contributed by atoms with E-state index >= 15 is 0 Å². The molecule has 2 heteroatoms. The van der Waals surface area contributed by atoms with Crippen molar-refractivity contribution in [3.63, 3.8) is 0 Å². The molecule has 0 heterocycles. The lowest BCUT2D eigenvalue weighted by molar-refractivity contribution is 0.723. The number of benzene rings is 3. The topological polar surface area (TPSA) is 26.0 Å². The van der Waals surface area contributed by atoms with Crippen molar-refractivity contribution in [1.29, 1.82) is 0 Å². The van der Waals surface area contributed by atoms with Crippen molar-refractivity contribution in [2.45, 2.75) is 19.4 Å². The van der Waals surface area contributed by atoms with Crippen LogP contribution in [0.2, 0.25) is 5.02 Å². The van der Waals surface area contributed by atoms with Gasteiger partial charge < -0.3 is 5.73 Å². The molecule has 0 aliphatic carbocycles. The van der Waals surface area contributed by atoms with Gasteiger partial charge >= 0.3 is 0 Å². The SMILES string of the molecule is Cc1ccc2ccccc2c1C(N)Cc1ccccc1Cl. The molecule has 21 heavy (non-hydrogen) atoms. The molecule has 0 fully saturated rings. The molecule has 0 radical (unpaired) electrons. The largest absolute Gasteiger partial charge is 0.324 e. The predicted octanol–water partition coefficient (Wildman–Crippen LogP) is 5.04. The van der Waals surface area contributed by atoms with E-state index in [4.69, 9.17) is 17.3 Å². The summed E-state index contributed by atoms with van der Waals surface area (Å²) in [6, 6.07) is 20.5. The van der Waals surface area contributed by atoms with E-state index in [9.17, 15) is 0 Å². The molecule has 0 aliphatic heterocycles. The van der Waals surface area contributed by atoms with E-state index in [0.29, 0.717) is 0 Å². The van der Waals surface area contributed by atoms with Crippen LogP contribution in [0, 0.1) is 6.92 Å². The van der Waals surface area contributed by atoms with Gasteiger partial charge in [-0.1, -0.05) is 66.2 Å². The lowest BCUT2D eigenvalue weighted by atomic mass is 9.91. The van der Waals surface area contributed by atoms with Crippen molar-refractivity contribution in [2.24, 2.45) is 5.73 Å². The van der Waals surface area contributed by atoms with Crippen LogP contribution in [-0.2, 0) is 6.42 Å². The zero-order valence-electron chi connectivity index (χ0n) is 12.0. The Kier molecular flexibility index (Phi) is 3.96. The number of hydrogen-bond donors (Lipinski definition) is 1. The van der Waals surface area contributed by atoms with Crippen molar-refractivity contribution < 1.29 is 0 Å². The molecule has 0 amide bonds. The highest BCUT2D eigenvalue weighted by molar-refractivity contribution is 6.31. The Labute approximate surface area is 130 Å². The monoisotopic (exact) mass is 295 g/mol. The summed E-state index contributed by atoms with van der Waals surface area (Å²) in [5.41, 5.74) is 10.0. The maximum atomic E-state index is 6.50. The van der Waals surface area contributed by atoms with Crippen LogP contribution < -0.4 is 5.73 Å². The summed E-state index contributed by atoms with van der Waals surface area (Å²) >= 11 is 6.26. The first-order valence-electron chi connectivity index (χ1n) is 7.14. The molecule has 1 nitrogen and oxygen atoms in total. The molecule has 0 saturated carbocycles. The highest BCUT2D eigenvalue weighted by atomic mass is 35.5. The van der Waals surface area contributed by atoms with Crippen LogP contribution in [0.15, 0.2) is 60.7 Å². The summed E-state index contributed by atoms with van der Waals surface area (Å²) in [6.45, 7) is 2.12. The predicted molar refractivity (Wildman–Crippen MR) is 90.8 cm³/mol. The fourth-order valence-corrected chi connectivity index (χ4v) is 3.11. The normalized spacial score (nSPS) is 12.5. The summed E-state index contributed by atoms with van der Waals surface area (Å²) in [6.07, 6.45) is 0.745. The molecule has 0 spiro atoms. The zero-order valence-corrected chi connectivity index (χ0v) is 12.8. The first-order chi connectivity index (χ1) is 10.2. The van der Waals surface area contributed by atoms with Crippen molar-refractivity contribution >= 4 is 22.4 Å². The van der Waals surface area contributed by atoms with Gasteiger partial charge in [-0.2, -0.15) is 0 Å². The zero-order chi connectivity index (χ0) is 14.8. The maximum Gasteiger partial charge on any atom is 0.0438 e. The van der Waals surface area contributed by atoms with Gasteiger partial charge in [-0.25, -0.2) is 0 Å². The molecule has 0 saturated heterocycles. The molecule has 3 aromatic carbocycles. The number of rotatable bonds is 3. The third-order valence-electron chi connectivity index (χ3n) is 3.96. The van der Waals surface area contributed by atoms with E-state index in [-0.39, 0.29) is 6.04 Å². The molecule has 3 rings (SSSR count). The second-order valence-corrected chi connectivity index (χ2v) is 5.83. The van der Waals surface area contributed by atoms with Crippen molar-refractivity contribution in [2.75, 3.05) is 0 Å². The smallest absolute Gasteiger partial charge is 0.0438 e. The van der Waals surface area contributed by atoms with Crippen LogP contribution in [0.3, 0.4) is 0 Å².